The number of carbonyl (C=O) groups excluding carboxylic acids is 1. The molecule has 1 N–H and O–H groups in total. The Bertz CT molecular complexity index is 644. The molecule has 92 valence electrons. The van der Waals surface area contributed by atoms with Crippen molar-refractivity contribution in [1.29, 1.82) is 0 Å². The minimum Gasteiger partial charge on any atom is -0.322 e. The topological polar surface area (TPSA) is 51.1 Å². The first kappa shape index (κ1) is 12.1. The molecular formula is C14H14N2O2. The van der Waals surface area contributed by atoms with E-state index in [0.717, 1.165) is 5.56 Å². The summed E-state index contributed by atoms with van der Waals surface area (Å²) in [5, 5.41) is 2.71. The summed E-state index contributed by atoms with van der Waals surface area (Å²) in [6, 6.07) is 10.6. The van der Waals surface area contributed by atoms with Crippen LogP contribution < -0.4 is 10.9 Å². The van der Waals surface area contributed by atoms with E-state index in [9.17, 15) is 9.59 Å². The van der Waals surface area contributed by atoms with Crippen LogP contribution in [0.5, 0.6) is 0 Å². The Morgan fingerprint density at radius 1 is 1.22 bits per heavy atom. The van der Waals surface area contributed by atoms with Crippen LogP contribution >= 0.6 is 0 Å². The van der Waals surface area contributed by atoms with Crippen LogP contribution in [0.2, 0.25) is 0 Å². The highest BCUT2D eigenvalue weighted by molar-refractivity contribution is 6.03. The van der Waals surface area contributed by atoms with E-state index in [2.05, 4.69) is 5.32 Å². The molecule has 18 heavy (non-hydrogen) atoms. The second-order valence-electron chi connectivity index (χ2n) is 4.16. The molecule has 0 atom stereocenters. The zero-order chi connectivity index (χ0) is 13.1. The number of pyridine rings is 1. The smallest absolute Gasteiger partial charge is 0.263 e. The molecule has 2 aromatic rings. The van der Waals surface area contributed by atoms with Gasteiger partial charge in [-0.25, -0.2) is 0 Å². The Balaban J connectivity index is 2.28. The number of aromatic nitrogens is 1. The zero-order valence-corrected chi connectivity index (χ0v) is 10.3. The zero-order valence-electron chi connectivity index (χ0n) is 10.3. The molecule has 1 aromatic carbocycles. The van der Waals surface area contributed by atoms with Crippen LogP contribution in [0.1, 0.15) is 15.9 Å². The third-order valence-corrected chi connectivity index (χ3v) is 2.64. The van der Waals surface area contributed by atoms with Crippen LogP contribution in [0.3, 0.4) is 0 Å². The van der Waals surface area contributed by atoms with Gasteiger partial charge in [-0.2, -0.15) is 0 Å². The molecule has 1 aromatic heterocycles. The predicted molar refractivity (Wildman–Crippen MR) is 70.8 cm³/mol. The Kier molecular flexibility index (Phi) is 3.28. The Hall–Kier alpha value is -2.36. The lowest BCUT2D eigenvalue weighted by Crippen LogP contribution is -2.26. The summed E-state index contributed by atoms with van der Waals surface area (Å²) in [5.41, 5.74) is 1.57. The van der Waals surface area contributed by atoms with Crippen LogP contribution in [0, 0.1) is 6.92 Å². The Morgan fingerprint density at radius 2 is 2.00 bits per heavy atom. The van der Waals surface area contributed by atoms with E-state index in [0.29, 0.717) is 5.69 Å². The molecule has 0 aliphatic carbocycles. The lowest BCUT2D eigenvalue weighted by molar-refractivity contribution is 0.102. The van der Waals surface area contributed by atoms with Gasteiger partial charge < -0.3 is 9.88 Å². The molecule has 0 aliphatic heterocycles. The quantitative estimate of drug-likeness (QED) is 0.875. The number of hydrogen-bond acceptors (Lipinski definition) is 2. The highest BCUT2D eigenvalue weighted by Crippen LogP contribution is 2.10. The number of aryl methyl sites for hydroxylation is 2. The fourth-order valence-corrected chi connectivity index (χ4v) is 1.69. The molecule has 0 aliphatic rings. The van der Waals surface area contributed by atoms with Gasteiger partial charge in [0.1, 0.15) is 5.56 Å². The number of benzene rings is 1. The van der Waals surface area contributed by atoms with Crippen molar-refractivity contribution in [1.82, 2.24) is 4.57 Å². The van der Waals surface area contributed by atoms with E-state index in [4.69, 9.17) is 0 Å². The standard InChI is InChI=1S/C14H14N2O2/c1-10-5-3-6-11(9-10)15-13(17)12-7-4-8-16(2)14(12)18/h3-9H,1-2H3,(H,15,17). The van der Waals surface area contributed by atoms with Gasteiger partial charge >= 0.3 is 0 Å². The van der Waals surface area contributed by atoms with Crippen LogP contribution in [0.25, 0.3) is 0 Å². The minimum atomic E-state index is -0.387. The maximum atomic E-state index is 12.0. The lowest BCUT2D eigenvalue weighted by atomic mass is 10.2. The molecule has 4 nitrogen and oxygen atoms in total. The molecule has 1 amide bonds. The van der Waals surface area contributed by atoms with Crippen molar-refractivity contribution < 1.29 is 4.79 Å². The summed E-state index contributed by atoms with van der Waals surface area (Å²) in [5.74, 6) is -0.387. The summed E-state index contributed by atoms with van der Waals surface area (Å²) in [4.78, 5) is 23.7. The fourth-order valence-electron chi connectivity index (χ4n) is 1.69. The third kappa shape index (κ3) is 2.48. The average Bonchev–Trinajstić information content (AvgIpc) is 2.32. The number of rotatable bonds is 2. The highest BCUT2D eigenvalue weighted by Gasteiger charge is 2.10. The van der Waals surface area contributed by atoms with Crippen molar-refractivity contribution in [2.75, 3.05) is 5.32 Å². The van der Waals surface area contributed by atoms with Crippen molar-refractivity contribution in [3.63, 3.8) is 0 Å². The molecule has 2 rings (SSSR count). The molecule has 0 saturated carbocycles. The van der Waals surface area contributed by atoms with E-state index in [1.807, 2.05) is 25.1 Å². The molecule has 0 spiro atoms. The summed E-state index contributed by atoms with van der Waals surface area (Å²) >= 11 is 0. The molecule has 0 saturated heterocycles. The first-order valence-electron chi connectivity index (χ1n) is 5.61. The van der Waals surface area contributed by atoms with E-state index in [1.54, 1.807) is 25.4 Å². The second kappa shape index (κ2) is 4.87. The first-order valence-corrected chi connectivity index (χ1v) is 5.61. The predicted octanol–water partition coefficient (Wildman–Crippen LogP) is 1.95. The van der Waals surface area contributed by atoms with Crippen LogP contribution in [0.4, 0.5) is 5.69 Å². The van der Waals surface area contributed by atoms with E-state index in [1.165, 1.54) is 10.6 Å². The lowest BCUT2D eigenvalue weighted by Gasteiger charge is -2.06. The van der Waals surface area contributed by atoms with Gasteiger partial charge in [0, 0.05) is 18.9 Å². The number of anilines is 1. The van der Waals surface area contributed by atoms with Crippen LogP contribution in [0.15, 0.2) is 47.4 Å². The molecular weight excluding hydrogens is 228 g/mol. The summed E-state index contributed by atoms with van der Waals surface area (Å²) in [7, 11) is 1.62. The van der Waals surface area contributed by atoms with Gasteiger partial charge in [-0.05, 0) is 36.8 Å². The molecule has 0 fully saturated rings. The highest BCUT2D eigenvalue weighted by atomic mass is 16.2. The number of carbonyl (C=O) groups is 1. The summed E-state index contributed by atoms with van der Waals surface area (Å²) in [6.07, 6.45) is 1.62. The SMILES string of the molecule is Cc1cccc(NC(=O)c2cccn(C)c2=O)c1. The first-order chi connectivity index (χ1) is 8.58. The van der Waals surface area contributed by atoms with Gasteiger partial charge in [-0.15, -0.1) is 0 Å². The molecule has 0 radical (unpaired) electrons. The number of amides is 1. The van der Waals surface area contributed by atoms with E-state index in [-0.39, 0.29) is 17.0 Å². The van der Waals surface area contributed by atoms with Gasteiger partial charge in [0.05, 0.1) is 0 Å². The Morgan fingerprint density at radius 3 is 2.72 bits per heavy atom. The van der Waals surface area contributed by atoms with E-state index < -0.39 is 0 Å². The van der Waals surface area contributed by atoms with Crippen molar-refractivity contribution in [3.05, 3.63) is 64.1 Å². The number of nitrogens with one attached hydrogen (secondary N) is 1. The maximum absolute atomic E-state index is 12.0. The summed E-state index contributed by atoms with van der Waals surface area (Å²) in [6.45, 7) is 1.94. The van der Waals surface area contributed by atoms with Crippen molar-refractivity contribution in [2.24, 2.45) is 7.05 Å². The van der Waals surface area contributed by atoms with Crippen molar-refractivity contribution >= 4 is 11.6 Å². The number of hydrogen-bond donors (Lipinski definition) is 1. The van der Waals surface area contributed by atoms with Gasteiger partial charge in [0.25, 0.3) is 11.5 Å². The fraction of sp³-hybridized carbons (Fsp3) is 0.143. The Labute approximate surface area is 105 Å². The van der Waals surface area contributed by atoms with E-state index >= 15 is 0 Å². The normalized spacial score (nSPS) is 10.1. The summed E-state index contributed by atoms with van der Waals surface area (Å²) < 4.78 is 1.38. The number of nitrogens with zero attached hydrogens (tertiary/aromatic N) is 1. The van der Waals surface area contributed by atoms with Gasteiger partial charge in [0.2, 0.25) is 0 Å². The van der Waals surface area contributed by atoms with Crippen molar-refractivity contribution in [2.45, 2.75) is 6.92 Å². The molecule has 4 heteroatoms. The van der Waals surface area contributed by atoms with Gasteiger partial charge in [0.15, 0.2) is 0 Å². The molecule has 0 bridgehead atoms. The third-order valence-electron chi connectivity index (χ3n) is 2.64. The molecule has 0 unspecified atom stereocenters. The van der Waals surface area contributed by atoms with Gasteiger partial charge in [-0.3, -0.25) is 9.59 Å². The largest absolute Gasteiger partial charge is 0.322 e. The van der Waals surface area contributed by atoms with Gasteiger partial charge in [-0.1, -0.05) is 12.1 Å². The second-order valence-corrected chi connectivity index (χ2v) is 4.16. The van der Waals surface area contributed by atoms with Crippen LogP contribution in [-0.2, 0) is 7.05 Å². The minimum absolute atomic E-state index is 0.140. The maximum Gasteiger partial charge on any atom is 0.263 e. The monoisotopic (exact) mass is 242 g/mol. The average molecular weight is 242 g/mol. The van der Waals surface area contributed by atoms with Crippen molar-refractivity contribution in [3.8, 4) is 0 Å². The van der Waals surface area contributed by atoms with Crippen LogP contribution in [-0.4, -0.2) is 10.5 Å². The molecule has 1 heterocycles.